The molecule has 8 nitrogen and oxygen atoms in total. The van der Waals surface area contributed by atoms with E-state index in [1.54, 1.807) is 0 Å². The third-order valence-corrected chi connectivity index (χ3v) is 7.52. The number of aryl methyl sites for hydroxylation is 1. The number of anilines is 1. The van der Waals surface area contributed by atoms with E-state index in [4.69, 9.17) is 9.47 Å². The Morgan fingerprint density at radius 2 is 1.94 bits per heavy atom. The highest BCUT2D eigenvalue weighted by Crippen LogP contribution is 2.39. The van der Waals surface area contributed by atoms with Gasteiger partial charge in [0.15, 0.2) is 0 Å². The maximum absolute atomic E-state index is 12.9. The van der Waals surface area contributed by atoms with Crippen LogP contribution in [0.4, 0.5) is 5.00 Å². The van der Waals surface area contributed by atoms with Crippen molar-refractivity contribution >= 4 is 38.6 Å². The van der Waals surface area contributed by atoms with Crippen LogP contribution >= 0.6 is 22.7 Å². The van der Waals surface area contributed by atoms with E-state index < -0.39 is 5.97 Å². The Morgan fingerprint density at radius 3 is 2.70 bits per heavy atom. The van der Waals surface area contributed by atoms with E-state index in [2.05, 4.69) is 15.0 Å². The van der Waals surface area contributed by atoms with Crippen LogP contribution in [-0.4, -0.2) is 46.9 Å². The number of morpholine rings is 1. The molecule has 0 N–H and O–H groups in total. The van der Waals surface area contributed by atoms with Gasteiger partial charge in [0.2, 0.25) is 4.96 Å². The van der Waals surface area contributed by atoms with Crippen molar-refractivity contribution in [3.05, 3.63) is 68.4 Å². The van der Waals surface area contributed by atoms with E-state index in [0.717, 1.165) is 40.6 Å². The summed E-state index contributed by atoms with van der Waals surface area (Å²) in [6.07, 6.45) is 0.728. The fraction of sp³-hybridized carbons (Fsp3) is 0.304. The summed E-state index contributed by atoms with van der Waals surface area (Å²) in [7, 11) is 0. The van der Waals surface area contributed by atoms with Crippen LogP contribution < -0.4 is 10.5 Å². The number of nitrogens with zero attached hydrogens (tertiary/aromatic N) is 4. The summed E-state index contributed by atoms with van der Waals surface area (Å²) in [6, 6.07) is 13.3. The summed E-state index contributed by atoms with van der Waals surface area (Å²) in [5.41, 5.74) is 2.18. The lowest BCUT2D eigenvalue weighted by Gasteiger charge is -2.28. The van der Waals surface area contributed by atoms with E-state index in [9.17, 15) is 9.59 Å². The first-order chi connectivity index (χ1) is 16.1. The van der Waals surface area contributed by atoms with Crippen LogP contribution in [0, 0.1) is 0 Å². The Hall–Kier alpha value is -3.08. The van der Waals surface area contributed by atoms with Crippen LogP contribution in [0.15, 0.2) is 47.3 Å². The number of hydrogen-bond donors (Lipinski definition) is 0. The molecule has 0 saturated carbocycles. The van der Waals surface area contributed by atoms with Crippen molar-refractivity contribution in [3.8, 4) is 11.1 Å². The number of esters is 1. The average Bonchev–Trinajstić information content (AvgIpc) is 3.49. The third kappa shape index (κ3) is 4.54. The molecular formula is C23H22N4O4S2. The minimum Gasteiger partial charge on any atom is -0.455 e. The van der Waals surface area contributed by atoms with Gasteiger partial charge in [-0.3, -0.25) is 4.79 Å². The van der Waals surface area contributed by atoms with Gasteiger partial charge in [-0.2, -0.15) is 9.61 Å². The van der Waals surface area contributed by atoms with Crippen LogP contribution in [-0.2, 0) is 22.5 Å². The second-order valence-electron chi connectivity index (χ2n) is 7.50. The zero-order chi connectivity index (χ0) is 22.8. The molecule has 170 valence electrons. The molecule has 0 aliphatic carbocycles. The molecule has 0 spiro atoms. The number of carbonyl (C=O) groups is 1. The lowest BCUT2D eigenvalue weighted by molar-refractivity contribution is 0.0473. The molecule has 5 rings (SSSR count). The average molecular weight is 483 g/mol. The van der Waals surface area contributed by atoms with Gasteiger partial charge in [0.1, 0.15) is 16.5 Å². The van der Waals surface area contributed by atoms with Crippen LogP contribution in [0.25, 0.3) is 16.1 Å². The molecule has 1 fully saturated rings. The number of fused-ring (bicyclic) bond motifs is 1. The van der Waals surface area contributed by atoms with E-state index in [0.29, 0.717) is 28.7 Å². The maximum Gasteiger partial charge on any atom is 0.348 e. The molecule has 3 aromatic heterocycles. The molecule has 1 saturated heterocycles. The molecule has 0 radical (unpaired) electrons. The largest absolute Gasteiger partial charge is 0.455 e. The minimum absolute atomic E-state index is 0.0740. The number of aromatic nitrogens is 3. The Morgan fingerprint density at radius 1 is 1.15 bits per heavy atom. The molecule has 0 bridgehead atoms. The summed E-state index contributed by atoms with van der Waals surface area (Å²) >= 11 is 2.78. The molecule has 1 aliphatic heterocycles. The van der Waals surface area contributed by atoms with Crippen molar-refractivity contribution in [2.45, 2.75) is 20.0 Å². The van der Waals surface area contributed by atoms with Gasteiger partial charge in [-0.25, -0.2) is 9.78 Å². The summed E-state index contributed by atoms with van der Waals surface area (Å²) in [4.78, 5) is 33.0. The number of ether oxygens (including phenoxy) is 2. The Labute approximate surface area is 198 Å². The summed E-state index contributed by atoms with van der Waals surface area (Å²) in [5, 5.41) is 6.10. The lowest BCUT2D eigenvalue weighted by atomic mass is 10.1. The Bertz CT molecular complexity index is 1340. The highest BCUT2D eigenvalue weighted by Gasteiger charge is 2.23. The number of thiophene rings is 1. The third-order valence-electron chi connectivity index (χ3n) is 5.29. The zero-order valence-corrected chi connectivity index (χ0v) is 19.7. The van der Waals surface area contributed by atoms with Crippen molar-refractivity contribution in [2.24, 2.45) is 0 Å². The first kappa shape index (κ1) is 21.7. The van der Waals surface area contributed by atoms with Crippen molar-refractivity contribution in [2.75, 3.05) is 31.2 Å². The van der Waals surface area contributed by atoms with E-state index in [1.807, 2.05) is 43.3 Å². The van der Waals surface area contributed by atoms with Gasteiger partial charge in [-0.15, -0.1) is 11.3 Å². The predicted octanol–water partition coefficient (Wildman–Crippen LogP) is 3.64. The fourth-order valence-electron chi connectivity index (χ4n) is 3.63. The monoisotopic (exact) mass is 482 g/mol. The standard InChI is InChI=1S/C23H22N4O4S2/c1-2-19-25-27-20(28)12-16(24-23(27)33-19)14-31-22(29)18-13-17(15-6-4-3-5-7-15)21(32-18)26-8-10-30-11-9-26/h3-7,12-13H,2,8-11,14H2,1H3. The Balaban J connectivity index is 1.39. The van der Waals surface area contributed by atoms with Crippen LogP contribution in [0.1, 0.15) is 27.3 Å². The molecule has 1 aliphatic rings. The van der Waals surface area contributed by atoms with Crippen LogP contribution in [0.5, 0.6) is 0 Å². The van der Waals surface area contributed by atoms with Crippen molar-refractivity contribution in [1.29, 1.82) is 0 Å². The van der Waals surface area contributed by atoms with E-state index in [-0.39, 0.29) is 12.2 Å². The maximum atomic E-state index is 12.9. The molecule has 0 amide bonds. The number of hydrogen-bond acceptors (Lipinski definition) is 9. The van der Waals surface area contributed by atoms with Gasteiger partial charge in [0, 0.05) is 24.7 Å². The molecule has 1 aromatic carbocycles. The zero-order valence-electron chi connectivity index (χ0n) is 18.0. The Kier molecular flexibility index (Phi) is 6.21. The molecule has 0 atom stereocenters. The van der Waals surface area contributed by atoms with Gasteiger partial charge < -0.3 is 14.4 Å². The summed E-state index contributed by atoms with van der Waals surface area (Å²) in [5.74, 6) is -0.433. The minimum atomic E-state index is -0.433. The first-order valence-corrected chi connectivity index (χ1v) is 12.3. The van der Waals surface area contributed by atoms with Crippen LogP contribution in [0.3, 0.4) is 0 Å². The fourth-order valence-corrected chi connectivity index (χ4v) is 5.61. The summed E-state index contributed by atoms with van der Waals surface area (Å²) in [6.45, 7) is 4.77. The van der Waals surface area contributed by atoms with Gasteiger partial charge in [-0.1, -0.05) is 48.6 Å². The highest BCUT2D eigenvalue weighted by molar-refractivity contribution is 7.18. The smallest absolute Gasteiger partial charge is 0.348 e. The number of carbonyl (C=O) groups excluding carboxylic acids is 1. The second kappa shape index (κ2) is 9.42. The molecule has 10 heteroatoms. The number of rotatable bonds is 6. The number of benzene rings is 1. The highest BCUT2D eigenvalue weighted by atomic mass is 32.1. The lowest BCUT2D eigenvalue weighted by Crippen LogP contribution is -2.35. The predicted molar refractivity (Wildman–Crippen MR) is 128 cm³/mol. The van der Waals surface area contributed by atoms with Crippen LogP contribution in [0.2, 0.25) is 0 Å². The molecule has 0 unspecified atom stereocenters. The van der Waals surface area contributed by atoms with Gasteiger partial charge in [0.05, 0.1) is 23.9 Å². The van der Waals surface area contributed by atoms with E-state index >= 15 is 0 Å². The first-order valence-electron chi connectivity index (χ1n) is 10.7. The molecule has 4 heterocycles. The molecule has 4 aromatic rings. The van der Waals surface area contributed by atoms with Gasteiger partial charge in [0.25, 0.3) is 5.56 Å². The molecular weight excluding hydrogens is 460 g/mol. The van der Waals surface area contributed by atoms with Gasteiger partial charge >= 0.3 is 5.97 Å². The normalized spacial score (nSPS) is 14.0. The topological polar surface area (TPSA) is 86.0 Å². The van der Waals surface area contributed by atoms with E-state index in [1.165, 1.54) is 33.3 Å². The van der Waals surface area contributed by atoms with Gasteiger partial charge in [-0.05, 0) is 18.1 Å². The second-order valence-corrected chi connectivity index (χ2v) is 9.57. The van der Waals surface area contributed by atoms with Crippen molar-refractivity contribution in [1.82, 2.24) is 14.6 Å². The summed E-state index contributed by atoms with van der Waals surface area (Å²) < 4.78 is 12.3. The van der Waals surface area contributed by atoms with Crippen molar-refractivity contribution < 1.29 is 14.3 Å². The SMILES string of the molecule is CCc1nn2c(=O)cc(COC(=O)c3cc(-c4ccccc4)c(N4CCOCC4)s3)nc2s1. The molecule has 33 heavy (non-hydrogen) atoms. The van der Waals surface area contributed by atoms with Crippen molar-refractivity contribution in [3.63, 3.8) is 0 Å². The quantitative estimate of drug-likeness (QED) is 0.388.